The molecule has 0 amide bonds. The highest BCUT2D eigenvalue weighted by Crippen LogP contribution is 2.32. The van der Waals surface area contributed by atoms with E-state index in [4.69, 9.17) is 4.74 Å². The minimum Gasteiger partial charge on any atom is -0.488 e. The van der Waals surface area contributed by atoms with Gasteiger partial charge in [0.05, 0.1) is 23.3 Å². The van der Waals surface area contributed by atoms with E-state index in [2.05, 4.69) is 12.1 Å². The van der Waals surface area contributed by atoms with Crippen molar-refractivity contribution < 1.29 is 4.74 Å². The molecule has 148 valence electrons. The van der Waals surface area contributed by atoms with Gasteiger partial charge in [-0.15, -0.1) is 0 Å². The van der Waals surface area contributed by atoms with E-state index in [0.29, 0.717) is 16.9 Å². The van der Waals surface area contributed by atoms with Crippen molar-refractivity contribution in [3.63, 3.8) is 0 Å². The van der Waals surface area contributed by atoms with Crippen LogP contribution in [0.3, 0.4) is 0 Å². The van der Waals surface area contributed by atoms with Crippen molar-refractivity contribution in [3.05, 3.63) is 113 Å². The van der Waals surface area contributed by atoms with Crippen LogP contribution in [0.15, 0.2) is 84.9 Å². The molecule has 0 saturated heterocycles. The lowest BCUT2D eigenvalue weighted by Gasteiger charge is -2.13. The maximum atomic E-state index is 9.85. The van der Waals surface area contributed by atoms with Crippen molar-refractivity contribution in [3.8, 4) is 17.9 Å². The van der Waals surface area contributed by atoms with Gasteiger partial charge in [-0.25, -0.2) is 0 Å². The van der Waals surface area contributed by atoms with E-state index < -0.39 is 0 Å². The molecule has 0 radical (unpaired) electrons. The lowest BCUT2D eigenvalue weighted by atomic mass is 9.98. The monoisotopic (exact) mass is 400 g/mol. The van der Waals surface area contributed by atoms with Crippen molar-refractivity contribution >= 4 is 22.4 Å². The van der Waals surface area contributed by atoms with E-state index in [1.807, 2.05) is 91.9 Å². The van der Waals surface area contributed by atoms with E-state index in [9.17, 15) is 10.5 Å². The molecule has 3 heteroatoms. The van der Waals surface area contributed by atoms with Crippen LogP contribution >= 0.6 is 0 Å². The number of benzene rings is 4. The Labute approximate surface area is 182 Å². The Kier molecular flexibility index (Phi) is 5.79. The largest absolute Gasteiger partial charge is 0.488 e. The van der Waals surface area contributed by atoms with Gasteiger partial charge in [0.15, 0.2) is 0 Å². The van der Waals surface area contributed by atoms with Gasteiger partial charge in [-0.2, -0.15) is 10.5 Å². The molecule has 0 N–H and O–H groups in total. The van der Waals surface area contributed by atoms with Crippen LogP contribution in [-0.2, 0) is 6.61 Å². The summed E-state index contributed by atoms with van der Waals surface area (Å²) in [5.74, 6) is 0.673. The predicted octanol–water partition coefficient (Wildman–Crippen LogP) is 6.66. The van der Waals surface area contributed by atoms with Gasteiger partial charge in [0, 0.05) is 11.1 Å². The zero-order chi connectivity index (χ0) is 21.6. The summed E-state index contributed by atoms with van der Waals surface area (Å²) in [6.07, 6.45) is 1.89. The molecule has 0 aromatic heterocycles. The molecule has 4 aromatic carbocycles. The van der Waals surface area contributed by atoms with Crippen LogP contribution in [0, 0.1) is 29.6 Å². The molecule has 0 fully saturated rings. The van der Waals surface area contributed by atoms with Crippen LogP contribution in [0.5, 0.6) is 5.75 Å². The first-order valence-corrected chi connectivity index (χ1v) is 10.0. The van der Waals surface area contributed by atoms with Gasteiger partial charge < -0.3 is 4.74 Å². The number of ether oxygens (including phenoxy) is 1. The second-order valence-electron chi connectivity index (χ2n) is 7.29. The number of rotatable bonds is 5. The van der Waals surface area contributed by atoms with Gasteiger partial charge in [0.2, 0.25) is 0 Å². The maximum Gasteiger partial charge on any atom is 0.127 e. The average molecular weight is 400 g/mol. The molecular weight excluding hydrogens is 380 g/mol. The van der Waals surface area contributed by atoms with Gasteiger partial charge >= 0.3 is 0 Å². The minimum absolute atomic E-state index is 0.273. The third-order valence-electron chi connectivity index (χ3n) is 5.22. The normalized spacial score (nSPS) is 11.0. The number of nitriles is 2. The molecule has 4 aromatic rings. The molecule has 0 saturated carbocycles. The number of fused-ring (bicyclic) bond motifs is 1. The van der Waals surface area contributed by atoms with Crippen LogP contribution in [0.25, 0.3) is 22.4 Å². The Balaban J connectivity index is 1.80. The SMILES string of the molecule is Cc1ccc(/C(C#N)=C\c2c(OCc3ccccc3C#N)ccc3ccccc23)cc1. The molecule has 0 aliphatic rings. The predicted molar refractivity (Wildman–Crippen MR) is 124 cm³/mol. The van der Waals surface area contributed by atoms with E-state index >= 15 is 0 Å². The van der Waals surface area contributed by atoms with Crippen molar-refractivity contribution in [1.29, 1.82) is 10.5 Å². The second-order valence-corrected chi connectivity index (χ2v) is 7.29. The Morgan fingerprint density at radius 1 is 0.871 bits per heavy atom. The summed E-state index contributed by atoms with van der Waals surface area (Å²) < 4.78 is 6.17. The smallest absolute Gasteiger partial charge is 0.127 e. The zero-order valence-corrected chi connectivity index (χ0v) is 17.2. The van der Waals surface area contributed by atoms with Crippen LogP contribution in [0.4, 0.5) is 0 Å². The van der Waals surface area contributed by atoms with Crippen molar-refractivity contribution in [2.75, 3.05) is 0 Å². The highest BCUT2D eigenvalue weighted by atomic mass is 16.5. The van der Waals surface area contributed by atoms with Gasteiger partial charge in [-0.05, 0) is 41.5 Å². The summed E-state index contributed by atoms with van der Waals surface area (Å²) in [5.41, 5.74) is 4.85. The van der Waals surface area contributed by atoms with Crippen molar-refractivity contribution in [2.45, 2.75) is 13.5 Å². The molecule has 4 rings (SSSR count). The van der Waals surface area contributed by atoms with E-state index in [-0.39, 0.29) is 6.61 Å². The lowest BCUT2D eigenvalue weighted by molar-refractivity contribution is 0.305. The molecular formula is C28H20N2O. The quantitative estimate of drug-likeness (QED) is 0.278. The fourth-order valence-electron chi connectivity index (χ4n) is 3.52. The molecule has 3 nitrogen and oxygen atoms in total. The van der Waals surface area contributed by atoms with Gasteiger partial charge in [-0.3, -0.25) is 0 Å². The van der Waals surface area contributed by atoms with Crippen molar-refractivity contribution in [2.24, 2.45) is 0 Å². The topological polar surface area (TPSA) is 56.8 Å². The number of allylic oxidation sites excluding steroid dienone is 1. The number of nitrogens with zero attached hydrogens (tertiary/aromatic N) is 2. The first-order chi connectivity index (χ1) is 15.2. The Bertz CT molecular complexity index is 1350. The van der Waals surface area contributed by atoms with Crippen LogP contribution < -0.4 is 4.74 Å². The van der Waals surface area contributed by atoms with Crippen LogP contribution in [-0.4, -0.2) is 0 Å². The van der Waals surface area contributed by atoms with Crippen LogP contribution in [0.1, 0.15) is 27.8 Å². The first kappa shape index (κ1) is 20.0. The average Bonchev–Trinajstić information content (AvgIpc) is 2.82. The molecule has 0 unspecified atom stereocenters. The molecule has 0 spiro atoms. The summed E-state index contributed by atoms with van der Waals surface area (Å²) in [6, 6.07) is 31.8. The molecule has 0 heterocycles. The minimum atomic E-state index is 0.273. The van der Waals surface area contributed by atoms with E-state index in [0.717, 1.165) is 33.0 Å². The highest BCUT2D eigenvalue weighted by Gasteiger charge is 2.11. The third-order valence-corrected chi connectivity index (χ3v) is 5.22. The lowest BCUT2D eigenvalue weighted by Crippen LogP contribution is -2.00. The van der Waals surface area contributed by atoms with Crippen LogP contribution in [0.2, 0.25) is 0 Å². The van der Waals surface area contributed by atoms with Crippen molar-refractivity contribution in [1.82, 2.24) is 0 Å². The Morgan fingerprint density at radius 3 is 2.39 bits per heavy atom. The van der Waals surface area contributed by atoms with E-state index in [1.54, 1.807) is 6.07 Å². The molecule has 0 aliphatic carbocycles. The summed E-state index contributed by atoms with van der Waals surface area (Å²) >= 11 is 0. The Morgan fingerprint density at radius 2 is 1.61 bits per heavy atom. The standard InChI is InChI=1S/C28H20N2O/c1-20-10-12-21(13-11-20)25(18-30)16-27-26-9-5-4-6-22(26)14-15-28(27)31-19-24-8-3-2-7-23(24)17-29/h2-16H,19H2,1H3/b25-16-. The molecule has 31 heavy (non-hydrogen) atoms. The summed E-state index contributed by atoms with van der Waals surface area (Å²) in [7, 11) is 0. The second kappa shape index (κ2) is 8.99. The summed E-state index contributed by atoms with van der Waals surface area (Å²) in [4.78, 5) is 0. The zero-order valence-electron chi connectivity index (χ0n) is 17.2. The number of hydrogen-bond donors (Lipinski definition) is 0. The summed E-state index contributed by atoms with van der Waals surface area (Å²) in [5, 5.41) is 21.3. The third kappa shape index (κ3) is 4.32. The van der Waals surface area contributed by atoms with Gasteiger partial charge in [0.1, 0.15) is 12.4 Å². The number of hydrogen-bond acceptors (Lipinski definition) is 3. The maximum absolute atomic E-state index is 9.85. The fraction of sp³-hybridized carbons (Fsp3) is 0.0714. The number of aryl methyl sites for hydroxylation is 1. The Hall–Kier alpha value is -4.34. The highest BCUT2D eigenvalue weighted by molar-refractivity contribution is 6.00. The molecule has 0 bridgehead atoms. The first-order valence-electron chi connectivity index (χ1n) is 10.0. The molecule has 0 atom stereocenters. The van der Waals surface area contributed by atoms with E-state index in [1.165, 1.54) is 0 Å². The fourth-order valence-corrected chi connectivity index (χ4v) is 3.52. The van der Waals surface area contributed by atoms with Gasteiger partial charge in [0.25, 0.3) is 0 Å². The summed E-state index contributed by atoms with van der Waals surface area (Å²) in [6.45, 7) is 2.30. The van der Waals surface area contributed by atoms with Gasteiger partial charge in [-0.1, -0.05) is 78.4 Å². The molecule has 0 aliphatic heterocycles.